The standard InChI is InChI=1S/C20H24N2O4S2/c1-15(2)25-19-9-5-17(6-10-19)21(13-23)27-28-22(14-24)18-7-11-20(12-8-18)26-16(3)4/h5-16H,1-4H3. The molecule has 0 saturated carbocycles. The molecule has 0 aromatic heterocycles. The molecule has 8 heteroatoms. The van der Waals surface area contributed by atoms with Crippen molar-refractivity contribution in [3.63, 3.8) is 0 Å². The molecule has 28 heavy (non-hydrogen) atoms. The Morgan fingerprint density at radius 2 is 1.00 bits per heavy atom. The normalized spacial score (nSPS) is 10.6. The molecule has 0 spiro atoms. The molecule has 0 bridgehead atoms. The van der Waals surface area contributed by atoms with Crippen molar-refractivity contribution in [2.75, 3.05) is 8.61 Å². The Bertz CT molecular complexity index is 686. The highest BCUT2D eigenvalue weighted by Crippen LogP contribution is 2.36. The molecule has 2 aromatic rings. The van der Waals surface area contributed by atoms with Gasteiger partial charge in [-0.15, -0.1) is 0 Å². The molecule has 150 valence electrons. The van der Waals surface area contributed by atoms with Gasteiger partial charge in [0, 0.05) is 0 Å². The number of nitrogens with zero attached hydrogens (tertiary/aromatic N) is 2. The van der Waals surface area contributed by atoms with E-state index in [1.54, 1.807) is 24.3 Å². The maximum Gasteiger partial charge on any atom is 0.224 e. The van der Waals surface area contributed by atoms with Gasteiger partial charge in [-0.1, -0.05) is 0 Å². The van der Waals surface area contributed by atoms with Crippen LogP contribution in [-0.2, 0) is 9.59 Å². The van der Waals surface area contributed by atoms with Crippen LogP contribution in [0.3, 0.4) is 0 Å². The lowest BCUT2D eigenvalue weighted by molar-refractivity contribution is -0.107. The van der Waals surface area contributed by atoms with Crippen molar-refractivity contribution >= 4 is 46.2 Å². The average Bonchev–Trinajstić information content (AvgIpc) is 2.66. The number of anilines is 2. The largest absolute Gasteiger partial charge is 0.491 e. The highest BCUT2D eigenvalue weighted by atomic mass is 33.1. The van der Waals surface area contributed by atoms with Gasteiger partial charge in [0.2, 0.25) is 12.8 Å². The number of amides is 2. The van der Waals surface area contributed by atoms with Crippen LogP contribution in [0.5, 0.6) is 11.5 Å². The second-order valence-corrected chi connectivity index (χ2v) is 8.31. The average molecular weight is 421 g/mol. The van der Waals surface area contributed by atoms with E-state index >= 15 is 0 Å². The molecule has 0 aliphatic rings. The Kier molecular flexibility index (Phi) is 8.53. The van der Waals surface area contributed by atoms with E-state index < -0.39 is 0 Å². The predicted molar refractivity (Wildman–Crippen MR) is 117 cm³/mol. The zero-order valence-electron chi connectivity index (χ0n) is 16.3. The summed E-state index contributed by atoms with van der Waals surface area (Å²) in [6.45, 7) is 7.81. The van der Waals surface area contributed by atoms with Gasteiger partial charge in [-0.3, -0.25) is 9.59 Å². The fourth-order valence-electron chi connectivity index (χ4n) is 2.20. The first-order valence-electron chi connectivity index (χ1n) is 8.80. The first-order chi connectivity index (χ1) is 13.4. The summed E-state index contributed by atoms with van der Waals surface area (Å²) >= 11 is 0. The molecular weight excluding hydrogens is 396 g/mol. The highest BCUT2D eigenvalue weighted by Gasteiger charge is 2.13. The van der Waals surface area contributed by atoms with E-state index in [1.165, 1.54) is 8.61 Å². The van der Waals surface area contributed by atoms with Crippen molar-refractivity contribution in [2.24, 2.45) is 0 Å². The number of hydrogen-bond donors (Lipinski definition) is 0. The van der Waals surface area contributed by atoms with E-state index in [1.807, 2.05) is 52.0 Å². The number of hydrogen-bond acceptors (Lipinski definition) is 6. The van der Waals surface area contributed by atoms with Crippen LogP contribution in [0.25, 0.3) is 0 Å². The minimum Gasteiger partial charge on any atom is -0.491 e. The molecule has 2 rings (SSSR count). The summed E-state index contributed by atoms with van der Waals surface area (Å²) in [7, 11) is 2.28. The van der Waals surface area contributed by atoms with Gasteiger partial charge in [-0.05, 0) is 76.2 Å². The summed E-state index contributed by atoms with van der Waals surface area (Å²) in [6.07, 6.45) is 1.57. The predicted octanol–water partition coefficient (Wildman–Crippen LogP) is 5.10. The van der Waals surface area contributed by atoms with Gasteiger partial charge in [0.25, 0.3) is 0 Å². The summed E-state index contributed by atoms with van der Waals surface area (Å²) in [5.41, 5.74) is 1.38. The van der Waals surface area contributed by atoms with E-state index in [-0.39, 0.29) is 12.2 Å². The van der Waals surface area contributed by atoms with Gasteiger partial charge in [0.15, 0.2) is 0 Å². The van der Waals surface area contributed by atoms with Gasteiger partial charge >= 0.3 is 0 Å². The topological polar surface area (TPSA) is 59.1 Å². The molecular formula is C20H24N2O4S2. The minimum absolute atomic E-state index is 0.0800. The zero-order chi connectivity index (χ0) is 20.5. The number of carbonyl (C=O) groups is 2. The van der Waals surface area contributed by atoms with Crippen molar-refractivity contribution in [2.45, 2.75) is 39.9 Å². The molecule has 0 fully saturated rings. The van der Waals surface area contributed by atoms with Gasteiger partial charge < -0.3 is 9.47 Å². The van der Waals surface area contributed by atoms with E-state index in [0.717, 1.165) is 33.5 Å². The first kappa shape index (κ1) is 22.0. The van der Waals surface area contributed by atoms with Gasteiger partial charge in [-0.25, -0.2) is 8.61 Å². The van der Waals surface area contributed by atoms with Crippen molar-refractivity contribution in [3.8, 4) is 11.5 Å². The number of ether oxygens (including phenoxy) is 2. The van der Waals surface area contributed by atoms with Gasteiger partial charge in [-0.2, -0.15) is 0 Å². The smallest absolute Gasteiger partial charge is 0.224 e. The van der Waals surface area contributed by atoms with Crippen LogP contribution in [0.15, 0.2) is 48.5 Å². The van der Waals surface area contributed by atoms with E-state index in [0.29, 0.717) is 24.2 Å². The lowest BCUT2D eigenvalue weighted by Gasteiger charge is -2.20. The van der Waals surface area contributed by atoms with Crippen molar-refractivity contribution in [1.29, 1.82) is 0 Å². The molecule has 0 N–H and O–H groups in total. The Morgan fingerprint density at radius 3 is 1.25 bits per heavy atom. The SMILES string of the molecule is CC(C)Oc1ccc(N(C=O)SSN(C=O)c2ccc(OC(C)C)cc2)cc1. The molecule has 0 unspecified atom stereocenters. The molecule has 0 saturated heterocycles. The van der Waals surface area contributed by atoms with E-state index in [4.69, 9.17) is 9.47 Å². The van der Waals surface area contributed by atoms with E-state index in [9.17, 15) is 9.59 Å². The highest BCUT2D eigenvalue weighted by molar-refractivity contribution is 8.78. The summed E-state index contributed by atoms with van der Waals surface area (Å²) < 4.78 is 14.1. The van der Waals surface area contributed by atoms with Crippen LogP contribution in [-0.4, -0.2) is 25.0 Å². The third-order valence-electron chi connectivity index (χ3n) is 3.31. The summed E-state index contributed by atoms with van der Waals surface area (Å²) in [4.78, 5) is 23.0. The monoisotopic (exact) mass is 420 g/mol. The Balaban J connectivity index is 2.00. The van der Waals surface area contributed by atoms with E-state index in [2.05, 4.69) is 0 Å². The molecule has 0 radical (unpaired) electrons. The lowest BCUT2D eigenvalue weighted by atomic mass is 10.3. The molecule has 2 amide bonds. The summed E-state index contributed by atoms with van der Waals surface area (Å²) in [6, 6.07) is 14.4. The van der Waals surface area contributed by atoms with Crippen LogP contribution in [0.2, 0.25) is 0 Å². The number of carbonyl (C=O) groups excluding carboxylic acids is 2. The van der Waals surface area contributed by atoms with Crippen LogP contribution in [0, 0.1) is 0 Å². The van der Waals surface area contributed by atoms with Crippen molar-refractivity contribution in [3.05, 3.63) is 48.5 Å². The van der Waals surface area contributed by atoms with Gasteiger partial charge in [0.1, 0.15) is 11.5 Å². The third-order valence-corrected chi connectivity index (χ3v) is 5.46. The van der Waals surface area contributed by atoms with Crippen molar-refractivity contribution in [1.82, 2.24) is 0 Å². The van der Waals surface area contributed by atoms with Crippen molar-refractivity contribution < 1.29 is 19.1 Å². The van der Waals surface area contributed by atoms with Crippen LogP contribution >= 0.6 is 22.0 Å². The molecule has 0 aliphatic heterocycles. The summed E-state index contributed by atoms with van der Waals surface area (Å²) in [5.74, 6) is 1.47. The van der Waals surface area contributed by atoms with Crippen LogP contribution in [0.1, 0.15) is 27.7 Å². The molecule has 6 nitrogen and oxygen atoms in total. The van der Waals surface area contributed by atoms with Crippen LogP contribution in [0.4, 0.5) is 11.4 Å². The Labute approximate surface area is 173 Å². The molecule has 0 heterocycles. The quantitative estimate of drug-likeness (QED) is 0.286. The maximum absolute atomic E-state index is 11.5. The lowest BCUT2D eigenvalue weighted by Crippen LogP contribution is -2.15. The summed E-state index contributed by atoms with van der Waals surface area (Å²) in [5, 5.41) is 0. The molecule has 2 aromatic carbocycles. The molecule has 0 aliphatic carbocycles. The van der Waals surface area contributed by atoms with Crippen LogP contribution < -0.4 is 18.1 Å². The fraction of sp³-hybridized carbons (Fsp3) is 0.300. The second-order valence-electron chi connectivity index (χ2n) is 6.33. The number of benzene rings is 2. The Morgan fingerprint density at radius 1 is 0.679 bits per heavy atom. The minimum atomic E-state index is 0.0800. The zero-order valence-corrected chi connectivity index (χ0v) is 17.9. The third kappa shape index (κ3) is 6.69. The van der Waals surface area contributed by atoms with Gasteiger partial charge in [0.05, 0.1) is 45.5 Å². The number of rotatable bonds is 11. The Hall–Kier alpha value is -2.32. The maximum atomic E-state index is 11.5. The molecule has 0 atom stereocenters. The second kappa shape index (κ2) is 10.9. The first-order valence-corrected chi connectivity index (χ1v) is 10.9. The fourth-order valence-corrected chi connectivity index (χ4v) is 3.99.